The Hall–Kier alpha value is -0.530. The largest absolute Gasteiger partial charge is 0.317 e. The van der Waals surface area contributed by atoms with Gasteiger partial charge in [-0.05, 0) is 11.8 Å². The molecule has 0 unspecified atom stereocenters. The van der Waals surface area contributed by atoms with Gasteiger partial charge in [-0.1, -0.05) is 6.92 Å². The second-order valence-electron chi connectivity index (χ2n) is 3.46. The zero-order valence-electron chi connectivity index (χ0n) is 9.46. The van der Waals surface area contributed by atoms with E-state index in [-0.39, 0.29) is 5.75 Å². The van der Waals surface area contributed by atoms with Crippen LogP contribution in [0.15, 0.2) is 17.6 Å². The summed E-state index contributed by atoms with van der Waals surface area (Å²) in [6, 6.07) is 0. The molecule has 0 fully saturated rings. The van der Waals surface area contributed by atoms with E-state index in [9.17, 15) is 8.42 Å². The summed E-state index contributed by atoms with van der Waals surface area (Å²) in [5.74, 6) is 0.779. The molecule has 0 saturated carbocycles. The Bertz CT molecular complexity index is 440. The summed E-state index contributed by atoms with van der Waals surface area (Å²) in [6.45, 7) is 2.67. The van der Waals surface area contributed by atoms with Crippen molar-refractivity contribution in [2.45, 2.75) is 25.0 Å². The summed E-state index contributed by atoms with van der Waals surface area (Å²) >= 11 is 1.71. The molecule has 92 valence electrons. The van der Waals surface area contributed by atoms with Gasteiger partial charge in [-0.25, -0.2) is 9.13 Å². The summed E-state index contributed by atoms with van der Waals surface area (Å²) < 4.78 is 33.8. The number of nitrogens with zero attached hydrogens (tertiary/aromatic N) is 2. The average molecular weight is 265 g/mol. The van der Waals surface area contributed by atoms with Crippen molar-refractivity contribution >= 4 is 21.9 Å². The van der Waals surface area contributed by atoms with Crippen LogP contribution in [0.3, 0.4) is 0 Å². The zero-order valence-corrected chi connectivity index (χ0v) is 11.1. The molecule has 0 radical (unpaired) electrons. The van der Waals surface area contributed by atoms with Crippen molar-refractivity contribution in [3.05, 3.63) is 12.4 Å². The molecule has 0 bridgehead atoms. The summed E-state index contributed by atoms with van der Waals surface area (Å²) in [7, 11) is -1.88. The van der Waals surface area contributed by atoms with Crippen molar-refractivity contribution in [1.29, 1.82) is 0 Å². The molecule has 1 heterocycles. The van der Waals surface area contributed by atoms with Crippen molar-refractivity contribution < 1.29 is 17.5 Å². The molecule has 1 aromatic rings. The lowest BCUT2D eigenvalue weighted by molar-refractivity contribution is -0.733. The Labute approximate surface area is 100 Å². The quantitative estimate of drug-likeness (QED) is 0.467. The van der Waals surface area contributed by atoms with E-state index in [0.717, 1.165) is 10.9 Å². The Morgan fingerprint density at radius 3 is 2.81 bits per heavy atom. The van der Waals surface area contributed by atoms with Gasteiger partial charge in [0.1, 0.15) is 12.4 Å². The monoisotopic (exact) mass is 265 g/mol. The van der Waals surface area contributed by atoms with Crippen LogP contribution in [-0.2, 0) is 23.7 Å². The van der Waals surface area contributed by atoms with Crippen molar-refractivity contribution in [3.8, 4) is 0 Å². The molecule has 5 nitrogen and oxygen atoms in total. The molecule has 7 heteroatoms. The van der Waals surface area contributed by atoms with Crippen LogP contribution in [0.2, 0.25) is 0 Å². The van der Waals surface area contributed by atoms with E-state index in [1.807, 2.05) is 28.6 Å². The average Bonchev–Trinajstić information content (AvgIpc) is 2.48. The van der Waals surface area contributed by atoms with E-state index in [1.54, 1.807) is 11.8 Å². The number of rotatable bonds is 6. The molecule has 0 aliphatic heterocycles. The van der Waals surface area contributed by atoms with E-state index in [0.29, 0.717) is 13.0 Å². The minimum atomic E-state index is -3.84. The van der Waals surface area contributed by atoms with Crippen LogP contribution in [0, 0.1) is 0 Å². The van der Waals surface area contributed by atoms with Crippen LogP contribution in [0.5, 0.6) is 0 Å². The Morgan fingerprint density at radius 2 is 2.25 bits per heavy atom. The third-order valence-electron chi connectivity index (χ3n) is 2.09. The number of thioether (sulfide) groups is 1. The first-order chi connectivity index (χ1) is 7.44. The molecule has 0 spiro atoms. The first-order valence-corrected chi connectivity index (χ1v) is 7.66. The second kappa shape index (κ2) is 5.70. The molecule has 1 N–H and O–H groups in total. The number of hydrogen-bond acceptors (Lipinski definition) is 3. The first-order valence-electron chi connectivity index (χ1n) is 5.06. The highest BCUT2D eigenvalue weighted by atomic mass is 32.2. The highest BCUT2D eigenvalue weighted by molar-refractivity contribution is 7.99. The van der Waals surface area contributed by atoms with Crippen LogP contribution in [-0.4, -0.2) is 29.0 Å². The second-order valence-corrected chi connectivity index (χ2v) is 6.26. The van der Waals surface area contributed by atoms with Crippen LogP contribution in [0.25, 0.3) is 0 Å². The molecular formula is C9H17N2O3S2+. The van der Waals surface area contributed by atoms with Gasteiger partial charge in [0.05, 0.1) is 19.3 Å². The van der Waals surface area contributed by atoms with Gasteiger partial charge in [0.15, 0.2) is 0 Å². The molecule has 0 amide bonds. The maximum absolute atomic E-state index is 10.6. The lowest BCUT2D eigenvalue weighted by Gasteiger charge is -2.00. The van der Waals surface area contributed by atoms with Gasteiger partial charge in [0.2, 0.25) is 0 Å². The summed E-state index contributed by atoms with van der Waals surface area (Å²) in [6.07, 6.45) is 4.28. The fraction of sp³-hybridized carbons (Fsp3) is 0.667. The minimum absolute atomic E-state index is 0.189. The van der Waals surface area contributed by atoms with Gasteiger partial charge in [0.25, 0.3) is 10.1 Å². The SMILES string of the molecule is CCSc1n(C)cc[n+]1CCCS(=O)(=O)O. The fourth-order valence-corrected chi connectivity index (χ4v) is 2.75. The molecule has 0 aromatic carbocycles. The van der Waals surface area contributed by atoms with Gasteiger partial charge in [-0.15, -0.1) is 0 Å². The number of hydrogen-bond donors (Lipinski definition) is 1. The number of imidazole rings is 1. The van der Waals surface area contributed by atoms with Crippen LogP contribution in [0.4, 0.5) is 0 Å². The van der Waals surface area contributed by atoms with Gasteiger partial charge >= 0.3 is 5.16 Å². The maximum Gasteiger partial charge on any atom is 0.317 e. The Kier molecular flexibility index (Phi) is 4.82. The van der Waals surface area contributed by atoms with Gasteiger partial charge in [-0.2, -0.15) is 8.42 Å². The van der Waals surface area contributed by atoms with E-state index in [2.05, 4.69) is 6.92 Å². The molecule has 0 aliphatic carbocycles. The minimum Gasteiger partial charge on any atom is -0.286 e. The maximum atomic E-state index is 10.6. The predicted molar refractivity (Wildman–Crippen MR) is 63.0 cm³/mol. The topological polar surface area (TPSA) is 63.2 Å². The normalized spacial score (nSPS) is 11.9. The third kappa shape index (κ3) is 4.15. The fourth-order valence-electron chi connectivity index (χ4n) is 1.41. The third-order valence-corrected chi connectivity index (χ3v) is 3.97. The van der Waals surface area contributed by atoms with Gasteiger partial charge in [-0.3, -0.25) is 4.55 Å². The van der Waals surface area contributed by atoms with Crippen molar-refractivity contribution in [3.63, 3.8) is 0 Å². The molecule has 1 rings (SSSR count). The molecule has 16 heavy (non-hydrogen) atoms. The summed E-state index contributed by atoms with van der Waals surface area (Å²) in [4.78, 5) is 0. The molecule has 1 aromatic heterocycles. The lowest BCUT2D eigenvalue weighted by Crippen LogP contribution is -2.35. The van der Waals surface area contributed by atoms with Crippen molar-refractivity contribution in [1.82, 2.24) is 4.57 Å². The van der Waals surface area contributed by atoms with Crippen molar-refractivity contribution in [2.75, 3.05) is 11.5 Å². The predicted octanol–water partition coefficient (Wildman–Crippen LogP) is 0.703. The van der Waals surface area contributed by atoms with Crippen LogP contribution >= 0.6 is 11.8 Å². The highest BCUT2D eigenvalue weighted by Crippen LogP contribution is 2.12. The Morgan fingerprint density at radius 1 is 1.56 bits per heavy atom. The van der Waals surface area contributed by atoms with E-state index >= 15 is 0 Å². The van der Waals surface area contributed by atoms with Crippen molar-refractivity contribution in [2.24, 2.45) is 7.05 Å². The first kappa shape index (κ1) is 13.5. The van der Waals surface area contributed by atoms with Crippen LogP contribution in [0.1, 0.15) is 13.3 Å². The number of aryl methyl sites for hydroxylation is 2. The summed E-state index contributed by atoms with van der Waals surface area (Å²) in [5, 5.41) is 1.10. The smallest absolute Gasteiger partial charge is 0.286 e. The summed E-state index contributed by atoms with van der Waals surface area (Å²) in [5.41, 5.74) is 0. The van der Waals surface area contributed by atoms with E-state index in [1.165, 1.54) is 0 Å². The molecule has 0 aliphatic rings. The standard InChI is InChI=1S/C9H16N2O3S2/c1-3-15-9-10(2)6-7-11(9)5-4-8-16(12,13)14/h6-7H,3-5,8H2,1-2H3/p+1. The van der Waals surface area contributed by atoms with E-state index in [4.69, 9.17) is 4.55 Å². The zero-order chi connectivity index (χ0) is 12.2. The molecule has 0 atom stereocenters. The highest BCUT2D eigenvalue weighted by Gasteiger charge is 2.14. The van der Waals surface area contributed by atoms with Gasteiger partial charge < -0.3 is 0 Å². The molecule has 0 saturated heterocycles. The van der Waals surface area contributed by atoms with Gasteiger partial charge in [0, 0.05) is 12.2 Å². The lowest BCUT2D eigenvalue weighted by atomic mass is 10.5. The Balaban J connectivity index is 2.60. The molecular weight excluding hydrogens is 248 g/mol. The van der Waals surface area contributed by atoms with Crippen LogP contribution < -0.4 is 4.57 Å². The number of aromatic nitrogens is 2. The van der Waals surface area contributed by atoms with E-state index < -0.39 is 10.1 Å².